The minimum absolute atomic E-state index is 0.00271. The third-order valence-corrected chi connectivity index (χ3v) is 4.61. The average Bonchev–Trinajstić information content (AvgIpc) is 3.41. The number of benzene rings is 2. The fourth-order valence-corrected chi connectivity index (χ4v) is 3.24. The fourth-order valence-electron chi connectivity index (χ4n) is 3.24. The summed E-state index contributed by atoms with van der Waals surface area (Å²) in [5.41, 5.74) is 2.24. The van der Waals surface area contributed by atoms with Gasteiger partial charge in [-0.15, -0.1) is 0 Å². The Morgan fingerprint density at radius 3 is 2.58 bits per heavy atom. The van der Waals surface area contributed by atoms with Crippen molar-refractivity contribution in [3.63, 3.8) is 0 Å². The first-order chi connectivity index (χ1) is 12.5. The Hall–Kier alpha value is -3.22. The normalized spacial score (nSPS) is 14.8. The molecule has 1 heterocycles. The van der Waals surface area contributed by atoms with Crippen LogP contribution < -0.4 is 0 Å². The minimum Gasteiger partial charge on any atom is -0.480 e. The molecular weight excluding hydrogens is 339 g/mol. The van der Waals surface area contributed by atoms with Gasteiger partial charge in [-0.3, -0.25) is 15.1 Å². The van der Waals surface area contributed by atoms with Crippen molar-refractivity contribution < 1.29 is 18.8 Å². The second kappa shape index (κ2) is 5.94. The van der Waals surface area contributed by atoms with Gasteiger partial charge in [0.1, 0.15) is 11.4 Å². The van der Waals surface area contributed by atoms with Crippen LogP contribution in [0.5, 0.6) is 5.95 Å². The van der Waals surface area contributed by atoms with Crippen LogP contribution in [-0.4, -0.2) is 22.8 Å². The van der Waals surface area contributed by atoms with Gasteiger partial charge in [0.15, 0.2) is 0 Å². The largest absolute Gasteiger partial charge is 0.480 e. The standard InChI is InChI=1S/C19H15FN2O4/c1-21-18(11-4-6-12(20)7-5-11)17-14-8-13(10-2-3-10)15(22(24)25)9-16(14)26-19(17)23/h4-10,23H,2-3H2,1H3. The van der Waals surface area contributed by atoms with Gasteiger partial charge in [-0.2, -0.15) is 0 Å². The molecule has 0 radical (unpaired) electrons. The molecule has 1 aromatic heterocycles. The number of nitro benzene ring substituents is 1. The molecule has 26 heavy (non-hydrogen) atoms. The lowest BCUT2D eigenvalue weighted by Crippen LogP contribution is -2.03. The summed E-state index contributed by atoms with van der Waals surface area (Å²) in [6.07, 6.45) is 1.80. The molecule has 0 unspecified atom stereocenters. The first-order valence-electron chi connectivity index (χ1n) is 8.16. The van der Waals surface area contributed by atoms with Crippen molar-refractivity contribution in [3.05, 3.63) is 69.0 Å². The third kappa shape index (κ3) is 2.61. The Kier molecular flexibility index (Phi) is 3.72. The number of halogens is 1. The number of furan rings is 1. The van der Waals surface area contributed by atoms with Crippen molar-refractivity contribution in [1.29, 1.82) is 0 Å². The van der Waals surface area contributed by atoms with E-state index in [0.29, 0.717) is 27.8 Å². The van der Waals surface area contributed by atoms with Crippen molar-refractivity contribution in [3.8, 4) is 5.95 Å². The number of aromatic hydroxyl groups is 1. The molecule has 0 aliphatic heterocycles. The van der Waals surface area contributed by atoms with E-state index in [1.807, 2.05) is 0 Å². The number of rotatable bonds is 4. The smallest absolute Gasteiger partial charge is 0.292 e. The van der Waals surface area contributed by atoms with Crippen LogP contribution in [0.25, 0.3) is 11.0 Å². The molecule has 2 aromatic carbocycles. The van der Waals surface area contributed by atoms with Crippen molar-refractivity contribution in [2.75, 3.05) is 7.05 Å². The summed E-state index contributed by atoms with van der Waals surface area (Å²) in [6, 6.07) is 8.79. The zero-order valence-electron chi connectivity index (χ0n) is 13.9. The minimum atomic E-state index is -0.429. The van der Waals surface area contributed by atoms with Crippen LogP contribution in [0.15, 0.2) is 45.8 Å². The van der Waals surface area contributed by atoms with Crippen LogP contribution in [0.1, 0.15) is 35.4 Å². The first kappa shape index (κ1) is 16.3. The number of nitrogens with zero attached hydrogens (tertiary/aromatic N) is 2. The van der Waals surface area contributed by atoms with Crippen LogP contribution in [0.4, 0.5) is 10.1 Å². The van der Waals surface area contributed by atoms with Gasteiger partial charge in [0, 0.05) is 23.6 Å². The zero-order valence-corrected chi connectivity index (χ0v) is 13.9. The van der Waals surface area contributed by atoms with Gasteiger partial charge in [-0.05, 0) is 49.1 Å². The van der Waals surface area contributed by atoms with Gasteiger partial charge in [0.2, 0.25) is 0 Å². The predicted molar refractivity (Wildman–Crippen MR) is 94.5 cm³/mol. The van der Waals surface area contributed by atoms with E-state index in [4.69, 9.17) is 4.42 Å². The molecular formula is C19H15FN2O4. The Morgan fingerprint density at radius 2 is 2.00 bits per heavy atom. The average molecular weight is 354 g/mol. The number of fused-ring (bicyclic) bond motifs is 1. The third-order valence-electron chi connectivity index (χ3n) is 4.61. The van der Waals surface area contributed by atoms with Gasteiger partial charge >= 0.3 is 0 Å². The SMILES string of the molecule is CN=C(c1ccc(F)cc1)c1c(O)oc2cc([N+](=O)[O-])c(C3CC3)cc12. The van der Waals surface area contributed by atoms with Crippen LogP contribution >= 0.6 is 0 Å². The second-order valence-corrected chi connectivity index (χ2v) is 6.30. The van der Waals surface area contributed by atoms with Gasteiger partial charge < -0.3 is 9.52 Å². The van der Waals surface area contributed by atoms with Crippen LogP contribution in [-0.2, 0) is 0 Å². The van der Waals surface area contributed by atoms with Crippen molar-refractivity contribution in [1.82, 2.24) is 0 Å². The van der Waals surface area contributed by atoms with E-state index < -0.39 is 4.92 Å². The predicted octanol–water partition coefficient (Wildman–Crippen LogP) is 4.53. The zero-order chi connectivity index (χ0) is 18.4. The number of nitro groups is 1. The first-order valence-corrected chi connectivity index (χ1v) is 8.16. The van der Waals surface area contributed by atoms with Crippen molar-refractivity contribution in [2.45, 2.75) is 18.8 Å². The molecule has 1 fully saturated rings. The molecule has 4 rings (SSSR count). The molecule has 1 saturated carbocycles. The van der Waals surface area contributed by atoms with E-state index in [-0.39, 0.29) is 29.0 Å². The van der Waals surface area contributed by atoms with E-state index in [1.165, 1.54) is 18.2 Å². The molecule has 1 N–H and O–H groups in total. The lowest BCUT2D eigenvalue weighted by Gasteiger charge is -2.06. The van der Waals surface area contributed by atoms with E-state index in [2.05, 4.69) is 4.99 Å². The summed E-state index contributed by atoms with van der Waals surface area (Å²) < 4.78 is 18.6. The molecule has 7 heteroatoms. The quantitative estimate of drug-likeness (QED) is 0.423. The molecule has 6 nitrogen and oxygen atoms in total. The van der Waals surface area contributed by atoms with Crippen molar-refractivity contribution >= 4 is 22.4 Å². The van der Waals surface area contributed by atoms with Crippen LogP contribution in [0.2, 0.25) is 0 Å². The van der Waals surface area contributed by atoms with Gasteiger partial charge in [-0.1, -0.05) is 0 Å². The van der Waals surface area contributed by atoms with E-state index in [1.54, 1.807) is 25.2 Å². The number of aliphatic imine (C=N–C) groups is 1. The Morgan fingerprint density at radius 1 is 1.31 bits per heavy atom. The molecule has 1 aliphatic carbocycles. The maximum Gasteiger partial charge on any atom is 0.292 e. The highest BCUT2D eigenvalue weighted by Gasteiger charge is 2.33. The summed E-state index contributed by atoms with van der Waals surface area (Å²) in [6.45, 7) is 0. The second-order valence-electron chi connectivity index (χ2n) is 6.30. The maximum atomic E-state index is 13.2. The monoisotopic (exact) mass is 354 g/mol. The van der Waals surface area contributed by atoms with Crippen LogP contribution in [0, 0.1) is 15.9 Å². The molecule has 0 bridgehead atoms. The number of hydrogen-bond donors (Lipinski definition) is 1. The Bertz CT molecular complexity index is 1050. The lowest BCUT2D eigenvalue weighted by atomic mass is 9.98. The number of hydrogen-bond acceptors (Lipinski definition) is 5. The van der Waals surface area contributed by atoms with E-state index in [9.17, 15) is 19.6 Å². The molecule has 3 aromatic rings. The molecule has 1 aliphatic rings. The molecule has 0 amide bonds. The highest BCUT2D eigenvalue weighted by Crippen LogP contribution is 2.47. The van der Waals surface area contributed by atoms with Crippen LogP contribution in [0.3, 0.4) is 0 Å². The highest BCUT2D eigenvalue weighted by molar-refractivity contribution is 6.20. The van der Waals surface area contributed by atoms with Gasteiger partial charge in [0.25, 0.3) is 11.6 Å². The Labute approximate surface area is 147 Å². The molecule has 0 saturated heterocycles. The van der Waals surface area contributed by atoms with Gasteiger partial charge in [-0.25, -0.2) is 4.39 Å². The fraction of sp³-hybridized carbons (Fsp3) is 0.211. The van der Waals surface area contributed by atoms with Crippen molar-refractivity contribution in [2.24, 2.45) is 4.99 Å². The molecule has 0 spiro atoms. The maximum absolute atomic E-state index is 13.2. The van der Waals surface area contributed by atoms with E-state index >= 15 is 0 Å². The summed E-state index contributed by atoms with van der Waals surface area (Å²) in [5.74, 6) is -0.596. The highest BCUT2D eigenvalue weighted by atomic mass is 19.1. The Balaban J connectivity index is 1.94. The molecule has 132 valence electrons. The lowest BCUT2D eigenvalue weighted by molar-refractivity contribution is -0.385. The topological polar surface area (TPSA) is 88.9 Å². The summed E-state index contributed by atoms with van der Waals surface area (Å²) in [7, 11) is 1.56. The summed E-state index contributed by atoms with van der Waals surface area (Å²) in [5, 5.41) is 22.3. The van der Waals surface area contributed by atoms with E-state index in [0.717, 1.165) is 12.8 Å². The summed E-state index contributed by atoms with van der Waals surface area (Å²) in [4.78, 5) is 15.2. The van der Waals surface area contributed by atoms with Gasteiger partial charge in [0.05, 0.1) is 22.3 Å². The molecule has 0 atom stereocenters. The summed E-state index contributed by atoms with van der Waals surface area (Å²) >= 11 is 0.